The van der Waals surface area contributed by atoms with Crippen LogP contribution in [0.25, 0.3) is 0 Å². The van der Waals surface area contributed by atoms with Gasteiger partial charge in [-0.15, -0.1) is 0 Å². The highest BCUT2D eigenvalue weighted by Gasteiger charge is 2.35. The molecule has 4 amide bonds. The van der Waals surface area contributed by atoms with Crippen molar-refractivity contribution in [2.45, 2.75) is 104 Å². The van der Waals surface area contributed by atoms with E-state index in [4.69, 9.17) is 9.47 Å². The Bertz CT molecular complexity index is 1020. The zero-order valence-electron chi connectivity index (χ0n) is 24.4. The van der Waals surface area contributed by atoms with Crippen LogP contribution in [-0.2, 0) is 35.3 Å². The van der Waals surface area contributed by atoms with Gasteiger partial charge >= 0.3 is 6.09 Å². The minimum absolute atomic E-state index is 0.0157. The minimum atomic E-state index is -1.17. The number of amides is 4. The van der Waals surface area contributed by atoms with Gasteiger partial charge in [0.25, 0.3) is 0 Å². The van der Waals surface area contributed by atoms with Gasteiger partial charge in [-0.2, -0.15) is 0 Å². The molecule has 1 aliphatic rings. The summed E-state index contributed by atoms with van der Waals surface area (Å²) in [5.41, 5.74) is 0.169. The SMILES string of the molecule is CCC[C@H](NC(=O)[C@@H](NC(=O)OCc1ccccc1)C(C)OC(C)(C)C)C(=O)N[C@@H](C[C@@H]1CCNC1=O)C(C)=O. The van der Waals surface area contributed by atoms with E-state index in [2.05, 4.69) is 21.3 Å². The van der Waals surface area contributed by atoms with Gasteiger partial charge in [-0.3, -0.25) is 19.2 Å². The minimum Gasteiger partial charge on any atom is -0.445 e. The summed E-state index contributed by atoms with van der Waals surface area (Å²) < 4.78 is 11.3. The van der Waals surface area contributed by atoms with Crippen molar-refractivity contribution in [3.8, 4) is 0 Å². The van der Waals surface area contributed by atoms with Gasteiger partial charge in [-0.05, 0) is 59.4 Å². The van der Waals surface area contributed by atoms with E-state index in [0.717, 1.165) is 5.56 Å². The quantitative estimate of drug-likeness (QED) is 0.273. The van der Waals surface area contributed by atoms with Crippen LogP contribution in [0.2, 0.25) is 0 Å². The molecule has 0 bridgehead atoms. The van der Waals surface area contributed by atoms with E-state index < -0.39 is 47.7 Å². The Hall–Kier alpha value is -3.47. The van der Waals surface area contributed by atoms with Crippen LogP contribution in [0, 0.1) is 5.92 Å². The van der Waals surface area contributed by atoms with Gasteiger partial charge in [0.1, 0.15) is 18.7 Å². The Labute approximate surface area is 236 Å². The van der Waals surface area contributed by atoms with Gasteiger partial charge in [0.2, 0.25) is 17.7 Å². The van der Waals surface area contributed by atoms with Gasteiger partial charge in [-0.1, -0.05) is 43.7 Å². The number of benzene rings is 1. The molecule has 0 spiro atoms. The van der Waals surface area contributed by atoms with Crippen molar-refractivity contribution in [2.24, 2.45) is 5.92 Å². The van der Waals surface area contributed by atoms with E-state index in [1.807, 2.05) is 58.0 Å². The van der Waals surface area contributed by atoms with Crippen molar-refractivity contribution in [3.05, 3.63) is 35.9 Å². The number of hydrogen-bond donors (Lipinski definition) is 4. The number of carbonyl (C=O) groups excluding carboxylic acids is 5. The maximum atomic E-state index is 13.5. The molecule has 5 atom stereocenters. The molecule has 1 unspecified atom stereocenters. The molecule has 0 radical (unpaired) electrons. The molecule has 222 valence electrons. The monoisotopic (exact) mass is 560 g/mol. The van der Waals surface area contributed by atoms with Crippen LogP contribution in [0.3, 0.4) is 0 Å². The lowest BCUT2D eigenvalue weighted by Crippen LogP contribution is -2.59. The highest BCUT2D eigenvalue weighted by Crippen LogP contribution is 2.17. The van der Waals surface area contributed by atoms with Crippen LogP contribution in [0.15, 0.2) is 30.3 Å². The predicted molar refractivity (Wildman–Crippen MR) is 149 cm³/mol. The van der Waals surface area contributed by atoms with E-state index in [9.17, 15) is 24.0 Å². The van der Waals surface area contributed by atoms with E-state index in [1.165, 1.54) is 6.92 Å². The molecule has 0 aliphatic carbocycles. The summed E-state index contributed by atoms with van der Waals surface area (Å²) in [5, 5.41) is 10.7. The Kier molecular flexibility index (Phi) is 12.6. The van der Waals surface area contributed by atoms with Crippen molar-refractivity contribution in [1.82, 2.24) is 21.3 Å². The zero-order chi connectivity index (χ0) is 29.9. The van der Waals surface area contributed by atoms with Crippen molar-refractivity contribution in [1.29, 1.82) is 0 Å². The number of alkyl carbamates (subject to hydrolysis) is 1. The summed E-state index contributed by atoms with van der Waals surface area (Å²) in [5.74, 6) is -1.94. The molecule has 2 rings (SSSR count). The van der Waals surface area contributed by atoms with Gasteiger partial charge in [-0.25, -0.2) is 4.79 Å². The van der Waals surface area contributed by atoms with Crippen LogP contribution in [0.1, 0.15) is 72.8 Å². The molecular weight excluding hydrogens is 516 g/mol. The molecule has 11 heteroatoms. The first-order chi connectivity index (χ1) is 18.8. The fourth-order valence-corrected chi connectivity index (χ4v) is 4.49. The first-order valence-electron chi connectivity index (χ1n) is 13.8. The first-order valence-corrected chi connectivity index (χ1v) is 13.8. The lowest BCUT2D eigenvalue weighted by atomic mass is 9.96. The summed E-state index contributed by atoms with van der Waals surface area (Å²) in [6.45, 7) is 10.9. The van der Waals surface area contributed by atoms with Crippen molar-refractivity contribution < 1.29 is 33.4 Å². The largest absolute Gasteiger partial charge is 0.445 e. The van der Waals surface area contributed by atoms with Crippen molar-refractivity contribution in [2.75, 3.05) is 6.54 Å². The molecule has 4 N–H and O–H groups in total. The molecule has 1 aromatic carbocycles. The molecule has 1 heterocycles. The highest BCUT2D eigenvalue weighted by molar-refractivity contribution is 5.94. The smallest absolute Gasteiger partial charge is 0.408 e. The van der Waals surface area contributed by atoms with E-state index >= 15 is 0 Å². The summed E-state index contributed by atoms with van der Waals surface area (Å²) in [4.78, 5) is 63.6. The molecule has 11 nitrogen and oxygen atoms in total. The van der Waals surface area contributed by atoms with Crippen LogP contribution in [0.5, 0.6) is 0 Å². The maximum Gasteiger partial charge on any atom is 0.408 e. The average Bonchev–Trinajstić information content (AvgIpc) is 3.28. The van der Waals surface area contributed by atoms with Gasteiger partial charge in [0.05, 0.1) is 17.7 Å². The molecule has 0 saturated carbocycles. The third-order valence-corrected chi connectivity index (χ3v) is 6.48. The van der Waals surface area contributed by atoms with Gasteiger partial charge in [0.15, 0.2) is 5.78 Å². The van der Waals surface area contributed by atoms with Crippen molar-refractivity contribution >= 4 is 29.6 Å². The topological polar surface area (TPSA) is 152 Å². The predicted octanol–water partition coefficient (Wildman–Crippen LogP) is 2.37. The van der Waals surface area contributed by atoms with Crippen LogP contribution in [0.4, 0.5) is 4.79 Å². The van der Waals surface area contributed by atoms with Crippen molar-refractivity contribution in [3.63, 3.8) is 0 Å². The Morgan fingerprint density at radius 2 is 1.68 bits per heavy atom. The Balaban J connectivity index is 2.12. The molecule has 1 fully saturated rings. The fourth-order valence-electron chi connectivity index (χ4n) is 4.49. The molecule has 1 saturated heterocycles. The Morgan fingerprint density at radius 1 is 1.02 bits per heavy atom. The first kappa shape index (κ1) is 32.7. The second kappa shape index (κ2) is 15.4. The number of rotatable bonds is 14. The number of nitrogens with one attached hydrogen (secondary N) is 4. The van der Waals surface area contributed by atoms with E-state index in [-0.39, 0.29) is 30.6 Å². The van der Waals surface area contributed by atoms with Crippen LogP contribution in [-0.4, -0.2) is 66.0 Å². The molecule has 0 aromatic heterocycles. The standard InChI is InChI=1S/C29H44N4O7/c1-7-11-22(26(36)32-23(18(2)34)16-21-14-15-30-25(21)35)31-27(37)24(19(3)40-29(4,5)6)33-28(38)39-17-20-12-9-8-10-13-20/h8-10,12-13,19,21-24H,7,11,14-17H2,1-6H3,(H,30,35)(H,31,37)(H,32,36)(H,33,38)/t19?,21-,22-,23-,24-/m0/s1. The second-order valence-corrected chi connectivity index (χ2v) is 11.2. The fraction of sp³-hybridized carbons (Fsp3) is 0.621. The zero-order valence-corrected chi connectivity index (χ0v) is 24.4. The number of Topliss-reactive ketones (excluding diaryl/α,β-unsaturated/α-hetero) is 1. The molecule has 1 aliphatic heterocycles. The summed E-state index contributed by atoms with van der Waals surface area (Å²) >= 11 is 0. The van der Waals surface area contributed by atoms with Gasteiger partial charge in [0, 0.05) is 12.5 Å². The van der Waals surface area contributed by atoms with Crippen LogP contribution >= 0.6 is 0 Å². The molecular formula is C29H44N4O7. The molecule has 1 aromatic rings. The summed E-state index contributed by atoms with van der Waals surface area (Å²) in [6, 6.07) is 6.12. The summed E-state index contributed by atoms with van der Waals surface area (Å²) in [6.07, 6.45) is 0.0722. The summed E-state index contributed by atoms with van der Waals surface area (Å²) in [7, 11) is 0. The molecule has 40 heavy (non-hydrogen) atoms. The average molecular weight is 561 g/mol. The number of carbonyl (C=O) groups is 5. The number of ether oxygens (including phenoxy) is 2. The van der Waals surface area contributed by atoms with E-state index in [0.29, 0.717) is 25.8 Å². The number of hydrogen-bond acceptors (Lipinski definition) is 7. The van der Waals surface area contributed by atoms with E-state index in [1.54, 1.807) is 6.92 Å². The lowest BCUT2D eigenvalue weighted by Gasteiger charge is -2.31. The van der Waals surface area contributed by atoms with Crippen LogP contribution < -0.4 is 21.3 Å². The highest BCUT2D eigenvalue weighted by atomic mass is 16.6. The maximum absolute atomic E-state index is 13.5. The third kappa shape index (κ3) is 11.0. The second-order valence-electron chi connectivity index (χ2n) is 11.2. The number of ketones is 1. The van der Waals surface area contributed by atoms with Gasteiger partial charge < -0.3 is 30.7 Å². The Morgan fingerprint density at radius 3 is 2.23 bits per heavy atom. The lowest BCUT2D eigenvalue weighted by molar-refractivity contribution is -0.136. The normalized spacial score (nSPS) is 18.1. The third-order valence-electron chi connectivity index (χ3n) is 6.48.